The fourth-order valence-corrected chi connectivity index (χ4v) is 13.7. The molecule has 0 aromatic rings. The van der Waals surface area contributed by atoms with E-state index in [0.29, 0.717) is 31.6 Å². The number of ether oxygens (including phenoxy) is 4. The second-order valence-corrected chi connectivity index (χ2v) is 32.8. The van der Waals surface area contributed by atoms with Crippen LogP contribution in [0, 0.1) is 17.8 Å². The molecule has 0 rings (SSSR count). The van der Waals surface area contributed by atoms with Crippen LogP contribution in [0.2, 0.25) is 0 Å². The molecule has 3 N–H and O–H groups in total. The van der Waals surface area contributed by atoms with Gasteiger partial charge in [0.2, 0.25) is 0 Å². The van der Waals surface area contributed by atoms with E-state index >= 15 is 0 Å². The minimum absolute atomic E-state index is 0.106. The topological polar surface area (TPSA) is 237 Å². The molecule has 0 aliphatic carbocycles. The Morgan fingerprint density at radius 2 is 0.469 bits per heavy atom. The van der Waals surface area contributed by atoms with E-state index in [1.165, 1.54) is 212 Å². The second-order valence-electron chi connectivity index (χ2n) is 29.9. The number of phosphoric acid groups is 2. The summed E-state index contributed by atoms with van der Waals surface area (Å²) in [5.74, 6) is 0.200. The van der Waals surface area contributed by atoms with Crippen LogP contribution in [-0.2, 0) is 65.4 Å². The summed E-state index contributed by atoms with van der Waals surface area (Å²) in [6, 6.07) is 0. The lowest BCUT2D eigenvalue weighted by Gasteiger charge is -2.21. The molecule has 19 heteroatoms. The second kappa shape index (κ2) is 69.4. The number of hydrogen-bond acceptors (Lipinski definition) is 15. The standard InChI is InChI=1S/C79H154O17P2/c1-8-9-10-11-12-13-14-27-33-40-48-55-62-78(83)96-75(67-90-77(82)61-54-47-42-35-38-45-52-59-72(6)7)69-94-98(87,88)92-65-73(80)64-91-97(85,86)93-68-74(66-89-76(81)60-53-46-39-32-28-23-20-19-22-26-31-37-44-51-58-71(4)5)95-79(84)63-56-49-41-34-29-24-18-16-15-17-21-25-30-36-43-50-57-70(2)3/h70-75,80H,8-69H2,1-7H3,(H,85,86)(H,87,88)/t73-,74-,75-/m1/s1. The van der Waals surface area contributed by atoms with Gasteiger partial charge in [0, 0.05) is 25.7 Å². The maximum atomic E-state index is 13.1. The third kappa shape index (κ3) is 72.4. The monoisotopic (exact) mass is 1440 g/mol. The zero-order valence-electron chi connectivity index (χ0n) is 64.3. The van der Waals surface area contributed by atoms with Gasteiger partial charge in [-0.3, -0.25) is 37.3 Å². The number of unbranched alkanes of at least 4 members (excludes halogenated alkanes) is 45. The van der Waals surface area contributed by atoms with Gasteiger partial charge in [-0.1, -0.05) is 357 Å². The number of esters is 4. The number of phosphoric ester groups is 2. The van der Waals surface area contributed by atoms with Crippen LogP contribution in [0.25, 0.3) is 0 Å². The Balaban J connectivity index is 5.23. The van der Waals surface area contributed by atoms with Gasteiger partial charge >= 0.3 is 39.5 Å². The molecule has 17 nitrogen and oxygen atoms in total. The van der Waals surface area contributed by atoms with Gasteiger partial charge in [0.25, 0.3) is 0 Å². The molecule has 0 radical (unpaired) electrons. The molecule has 98 heavy (non-hydrogen) atoms. The first-order valence-corrected chi connectivity index (χ1v) is 43.8. The predicted octanol–water partition coefficient (Wildman–Crippen LogP) is 23.4. The largest absolute Gasteiger partial charge is 0.472 e. The van der Waals surface area contributed by atoms with E-state index < -0.39 is 97.5 Å². The predicted molar refractivity (Wildman–Crippen MR) is 400 cm³/mol. The Morgan fingerprint density at radius 1 is 0.276 bits per heavy atom. The molecular weight excluding hydrogens is 1280 g/mol. The van der Waals surface area contributed by atoms with Gasteiger partial charge in [-0.25, -0.2) is 9.13 Å². The van der Waals surface area contributed by atoms with Crippen molar-refractivity contribution in [3.8, 4) is 0 Å². The molecule has 0 aromatic carbocycles. The summed E-state index contributed by atoms with van der Waals surface area (Å²) in [4.78, 5) is 72.9. The van der Waals surface area contributed by atoms with Crippen molar-refractivity contribution in [2.45, 2.75) is 426 Å². The average molecular weight is 1440 g/mol. The fourth-order valence-electron chi connectivity index (χ4n) is 12.1. The number of carbonyl (C=O) groups excluding carboxylic acids is 4. The summed E-state index contributed by atoms with van der Waals surface area (Å²) in [7, 11) is -9.92. The van der Waals surface area contributed by atoms with Gasteiger partial charge in [-0.2, -0.15) is 0 Å². The molecule has 5 atom stereocenters. The lowest BCUT2D eigenvalue weighted by atomic mass is 10.0. The minimum Gasteiger partial charge on any atom is -0.462 e. The molecular formula is C79H154O17P2. The van der Waals surface area contributed by atoms with Crippen LogP contribution in [0.5, 0.6) is 0 Å². The highest BCUT2D eigenvalue weighted by atomic mass is 31.2. The first-order valence-electron chi connectivity index (χ1n) is 40.8. The Labute approximate surface area is 600 Å². The quantitative estimate of drug-likeness (QED) is 0.0222. The van der Waals surface area contributed by atoms with E-state index in [9.17, 15) is 43.2 Å². The normalized spacial score (nSPS) is 14.0. The van der Waals surface area contributed by atoms with Crippen LogP contribution in [0.3, 0.4) is 0 Å². The van der Waals surface area contributed by atoms with Gasteiger partial charge in [0.05, 0.1) is 26.4 Å². The highest BCUT2D eigenvalue weighted by Crippen LogP contribution is 2.45. The Kier molecular flexibility index (Phi) is 68.1. The maximum Gasteiger partial charge on any atom is 0.472 e. The van der Waals surface area contributed by atoms with Crippen LogP contribution in [-0.4, -0.2) is 96.7 Å². The Hall–Kier alpha value is -1.94. The van der Waals surface area contributed by atoms with E-state index in [4.69, 9.17) is 37.0 Å². The van der Waals surface area contributed by atoms with Crippen LogP contribution in [0.1, 0.15) is 408 Å². The van der Waals surface area contributed by atoms with Crippen molar-refractivity contribution in [3.63, 3.8) is 0 Å². The number of hydrogen-bond donors (Lipinski definition) is 3. The van der Waals surface area contributed by atoms with Crippen molar-refractivity contribution in [1.82, 2.24) is 0 Å². The lowest BCUT2D eigenvalue weighted by Crippen LogP contribution is -2.30. The fraction of sp³-hybridized carbons (Fsp3) is 0.949. The van der Waals surface area contributed by atoms with Crippen LogP contribution in [0.15, 0.2) is 0 Å². The molecule has 0 amide bonds. The van der Waals surface area contributed by atoms with Gasteiger partial charge in [0.15, 0.2) is 12.2 Å². The molecule has 0 spiro atoms. The first kappa shape index (κ1) is 96.1. The molecule has 0 aliphatic rings. The van der Waals surface area contributed by atoms with Crippen molar-refractivity contribution < 1.29 is 80.2 Å². The Morgan fingerprint density at radius 3 is 0.694 bits per heavy atom. The summed E-state index contributed by atoms with van der Waals surface area (Å²) < 4.78 is 68.6. The SMILES string of the molecule is CCCCCCCCCCCCCCC(=O)O[C@H](COC(=O)CCCCCCCCCC(C)C)COP(=O)(O)OC[C@H](O)COP(=O)(O)OC[C@@H](COC(=O)CCCCCCCCCCCCCCCCC(C)C)OC(=O)CCCCCCCCCCCCCCCCCCC(C)C. The zero-order chi connectivity index (χ0) is 72.3. The van der Waals surface area contributed by atoms with Crippen LogP contribution in [0.4, 0.5) is 0 Å². The van der Waals surface area contributed by atoms with Crippen molar-refractivity contribution in [1.29, 1.82) is 0 Å². The molecule has 2 unspecified atom stereocenters. The Bertz CT molecular complexity index is 1900. The third-order valence-corrected chi connectivity index (χ3v) is 20.3. The molecule has 0 aromatic heterocycles. The summed E-state index contributed by atoms with van der Waals surface area (Å²) in [5.41, 5.74) is 0. The smallest absolute Gasteiger partial charge is 0.462 e. The number of rotatable bonds is 77. The minimum atomic E-state index is -4.96. The summed E-state index contributed by atoms with van der Waals surface area (Å²) in [5, 5.41) is 10.6. The lowest BCUT2D eigenvalue weighted by molar-refractivity contribution is -0.161. The highest BCUT2D eigenvalue weighted by molar-refractivity contribution is 7.47. The van der Waals surface area contributed by atoms with E-state index in [1.54, 1.807) is 0 Å². The molecule has 0 saturated carbocycles. The zero-order valence-corrected chi connectivity index (χ0v) is 66.0. The van der Waals surface area contributed by atoms with Gasteiger partial charge in [-0.15, -0.1) is 0 Å². The molecule has 0 heterocycles. The molecule has 0 saturated heterocycles. The van der Waals surface area contributed by atoms with Gasteiger partial charge in [-0.05, 0) is 43.4 Å². The number of carbonyl (C=O) groups is 4. The highest BCUT2D eigenvalue weighted by Gasteiger charge is 2.30. The first-order chi connectivity index (χ1) is 47.2. The molecule has 0 bridgehead atoms. The van der Waals surface area contributed by atoms with E-state index in [2.05, 4.69) is 48.5 Å². The van der Waals surface area contributed by atoms with E-state index in [1.807, 2.05) is 0 Å². The van der Waals surface area contributed by atoms with Gasteiger partial charge < -0.3 is 33.8 Å². The van der Waals surface area contributed by atoms with E-state index in [0.717, 1.165) is 108 Å². The third-order valence-electron chi connectivity index (χ3n) is 18.4. The summed E-state index contributed by atoms with van der Waals surface area (Å²) in [6.45, 7) is 11.9. The maximum absolute atomic E-state index is 13.1. The van der Waals surface area contributed by atoms with Gasteiger partial charge in [0.1, 0.15) is 19.3 Å². The summed E-state index contributed by atoms with van der Waals surface area (Å²) in [6.07, 6.45) is 56.9. The van der Waals surface area contributed by atoms with Crippen molar-refractivity contribution >= 4 is 39.5 Å². The van der Waals surface area contributed by atoms with Crippen molar-refractivity contribution in [3.05, 3.63) is 0 Å². The molecule has 0 aliphatic heterocycles. The average Bonchev–Trinajstić information content (AvgIpc) is 0.951. The van der Waals surface area contributed by atoms with Crippen molar-refractivity contribution in [2.24, 2.45) is 17.8 Å². The van der Waals surface area contributed by atoms with E-state index in [-0.39, 0.29) is 25.7 Å². The number of aliphatic hydroxyl groups excluding tert-OH is 1. The number of aliphatic hydroxyl groups is 1. The van der Waals surface area contributed by atoms with Crippen molar-refractivity contribution in [2.75, 3.05) is 39.6 Å². The van der Waals surface area contributed by atoms with Crippen LogP contribution >= 0.6 is 15.6 Å². The van der Waals surface area contributed by atoms with Crippen LogP contribution < -0.4 is 0 Å². The summed E-state index contributed by atoms with van der Waals surface area (Å²) >= 11 is 0. The molecule has 582 valence electrons. The molecule has 0 fully saturated rings.